The minimum absolute atomic E-state index is 0.0356. The molecule has 0 spiro atoms. The summed E-state index contributed by atoms with van der Waals surface area (Å²) >= 11 is 11.5. The van der Waals surface area contributed by atoms with Crippen LogP contribution < -0.4 is 0 Å². The summed E-state index contributed by atoms with van der Waals surface area (Å²) in [6.45, 7) is 0. The summed E-state index contributed by atoms with van der Waals surface area (Å²) < 4.78 is 13.3. The fourth-order valence-corrected chi connectivity index (χ4v) is 1.87. The van der Waals surface area contributed by atoms with E-state index in [1.54, 1.807) is 6.07 Å². The van der Waals surface area contributed by atoms with Crippen molar-refractivity contribution in [1.82, 2.24) is 10.2 Å². The Hall–Kier alpha value is -1.57. The number of nitrogens with zero attached hydrogens (tertiary/aromatic N) is 2. The first-order valence-electron chi connectivity index (χ1n) is 4.68. The summed E-state index contributed by atoms with van der Waals surface area (Å²) in [6, 6.07) is 6.18. The second-order valence-corrected chi connectivity index (χ2v) is 4.17. The number of hydrogen-bond acceptors (Lipinski definition) is 2. The van der Waals surface area contributed by atoms with Gasteiger partial charge in [0.15, 0.2) is 0 Å². The third kappa shape index (κ3) is 2.41. The van der Waals surface area contributed by atoms with E-state index < -0.39 is 5.82 Å². The molecule has 0 saturated carbocycles. The number of aromatic nitrogens is 2. The number of aromatic amines is 1. The highest BCUT2D eigenvalue weighted by atomic mass is 35.5. The zero-order chi connectivity index (χ0) is 12.4. The van der Waals surface area contributed by atoms with Gasteiger partial charge in [0.25, 0.3) is 0 Å². The lowest BCUT2D eigenvalue weighted by atomic mass is 10.1. The average Bonchev–Trinajstić information content (AvgIpc) is 2.72. The average molecular weight is 270 g/mol. The number of halogens is 3. The molecular formula is C11H6Cl2FN3. The Morgan fingerprint density at radius 2 is 2.06 bits per heavy atom. The molecular weight excluding hydrogens is 264 g/mol. The van der Waals surface area contributed by atoms with Crippen molar-refractivity contribution in [3.05, 3.63) is 39.8 Å². The van der Waals surface area contributed by atoms with Crippen LogP contribution in [0.5, 0.6) is 0 Å². The van der Waals surface area contributed by atoms with Crippen molar-refractivity contribution in [2.24, 2.45) is 0 Å². The molecule has 3 nitrogen and oxygen atoms in total. The molecule has 1 aromatic carbocycles. The number of nitrogens with one attached hydrogen (secondary N) is 1. The molecule has 0 unspecified atom stereocenters. The lowest BCUT2D eigenvalue weighted by Crippen LogP contribution is -1.84. The van der Waals surface area contributed by atoms with Crippen LogP contribution in [-0.4, -0.2) is 10.2 Å². The van der Waals surface area contributed by atoms with Gasteiger partial charge in [0, 0.05) is 11.3 Å². The highest BCUT2D eigenvalue weighted by Gasteiger charge is 2.11. The third-order valence-electron chi connectivity index (χ3n) is 2.19. The second kappa shape index (κ2) is 4.74. The van der Waals surface area contributed by atoms with Crippen molar-refractivity contribution in [1.29, 1.82) is 5.26 Å². The van der Waals surface area contributed by atoms with Gasteiger partial charge in [-0.05, 0) is 18.2 Å². The molecule has 0 aliphatic carbocycles. The van der Waals surface area contributed by atoms with E-state index in [2.05, 4.69) is 10.2 Å². The first kappa shape index (κ1) is 11.9. The van der Waals surface area contributed by atoms with Crippen LogP contribution in [0.25, 0.3) is 11.3 Å². The van der Waals surface area contributed by atoms with Crippen LogP contribution in [0.4, 0.5) is 4.39 Å². The standard InChI is InChI=1S/C11H6Cl2FN3/c12-8-5-9(13)10(14)4-7(8)11-3-6(1-2-15)16-17-11/h3-5H,1H2,(H,16,17). The van der Waals surface area contributed by atoms with Crippen molar-refractivity contribution in [3.63, 3.8) is 0 Å². The van der Waals surface area contributed by atoms with E-state index in [9.17, 15) is 4.39 Å². The smallest absolute Gasteiger partial charge is 0.142 e. The molecule has 1 N–H and O–H groups in total. The summed E-state index contributed by atoms with van der Waals surface area (Å²) in [5, 5.41) is 15.5. The predicted octanol–water partition coefficient (Wildman–Crippen LogP) is 3.59. The van der Waals surface area contributed by atoms with Gasteiger partial charge in [-0.25, -0.2) is 4.39 Å². The maximum Gasteiger partial charge on any atom is 0.142 e. The highest BCUT2D eigenvalue weighted by Crippen LogP contribution is 2.31. The summed E-state index contributed by atoms with van der Waals surface area (Å²) in [7, 11) is 0. The number of hydrogen-bond donors (Lipinski definition) is 1. The van der Waals surface area contributed by atoms with Gasteiger partial charge >= 0.3 is 0 Å². The summed E-state index contributed by atoms with van der Waals surface area (Å²) in [4.78, 5) is 0. The van der Waals surface area contributed by atoms with Crippen molar-refractivity contribution < 1.29 is 4.39 Å². The Kier molecular flexibility index (Phi) is 3.32. The SMILES string of the molecule is N#CCc1cc(-c2cc(F)c(Cl)cc2Cl)n[nH]1. The zero-order valence-electron chi connectivity index (χ0n) is 8.47. The van der Waals surface area contributed by atoms with Gasteiger partial charge in [-0.3, -0.25) is 5.10 Å². The van der Waals surface area contributed by atoms with Gasteiger partial charge in [-0.2, -0.15) is 10.4 Å². The largest absolute Gasteiger partial charge is 0.281 e. The molecule has 0 amide bonds. The van der Waals surface area contributed by atoms with Gasteiger partial charge in [-0.1, -0.05) is 23.2 Å². The lowest BCUT2D eigenvalue weighted by molar-refractivity contribution is 0.628. The van der Waals surface area contributed by atoms with Crippen molar-refractivity contribution in [2.45, 2.75) is 6.42 Å². The summed E-state index contributed by atoms with van der Waals surface area (Å²) in [6.07, 6.45) is 0.209. The third-order valence-corrected chi connectivity index (χ3v) is 2.79. The second-order valence-electron chi connectivity index (χ2n) is 3.36. The maximum absolute atomic E-state index is 13.3. The van der Waals surface area contributed by atoms with Crippen LogP contribution >= 0.6 is 23.2 Å². The lowest BCUT2D eigenvalue weighted by Gasteiger charge is -2.02. The minimum Gasteiger partial charge on any atom is -0.281 e. The molecule has 0 aliphatic heterocycles. The molecule has 0 aliphatic rings. The number of H-pyrrole nitrogens is 1. The predicted molar refractivity (Wildman–Crippen MR) is 63.3 cm³/mol. The number of benzene rings is 1. The van der Waals surface area contributed by atoms with Gasteiger partial charge in [0.1, 0.15) is 5.82 Å². The molecule has 86 valence electrons. The van der Waals surface area contributed by atoms with Crippen LogP contribution in [0.1, 0.15) is 5.69 Å². The molecule has 0 fully saturated rings. The number of rotatable bonds is 2. The van der Waals surface area contributed by atoms with Gasteiger partial charge < -0.3 is 0 Å². The van der Waals surface area contributed by atoms with E-state index in [-0.39, 0.29) is 11.4 Å². The molecule has 0 bridgehead atoms. The van der Waals surface area contributed by atoms with E-state index in [0.717, 1.165) is 0 Å². The molecule has 2 rings (SSSR count). The molecule has 1 aromatic heterocycles. The van der Waals surface area contributed by atoms with E-state index in [1.807, 2.05) is 6.07 Å². The first-order valence-corrected chi connectivity index (χ1v) is 5.43. The van der Waals surface area contributed by atoms with E-state index in [0.29, 0.717) is 22.0 Å². The van der Waals surface area contributed by atoms with E-state index in [1.165, 1.54) is 12.1 Å². The van der Waals surface area contributed by atoms with Crippen LogP contribution in [0.3, 0.4) is 0 Å². The Balaban J connectivity index is 2.46. The highest BCUT2D eigenvalue weighted by molar-refractivity contribution is 6.36. The van der Waals surface area contributed by atoms with Crippen LogP contribution in [-0.2, 0) is 6.42 Å². The monoisotopic (exact) mass is 269 g/mol. The van der Waals surface area contributed by atoms with E-state index in [4.69, 9.17) is 28.5 Å². The molecule has 6 heteroatoms. The zero-order valence-corrected chi connectivity index (χ0v) is 9.98. The fourth-order valence-electron chi connectivity index (χ4n) is 1.39. The Morgan fingerprint density at radius 3 is 2.76 bits per heavy atom. The van der Waals surface area contributed by atoms with Crippen LogP contribution in [0.2, 0.25) is 10.0 Å². The van der Waals surface area contributed by atoms with Crippen LogP contribution in [0.15, 0.2) is 18.2 Å². The van der Waals surface area contributed by atoms with Gasteiger partial charge in [0.05, 0.1) is 28.2 Å². The fraction of sp³-hybridized carbons (Fsp3) is 0.0909. The Labute approximate surface area is 107 Å². The minimum atomic E-state index is -0.559. The molecule has 1 heterocycles. The normalized spacial score (nSPS) is 10.2. The topological polar surface area (TPSA) is 52.5 Å². The van der Waals surface area contributed by atoms with Gasteiger partial charge in [0.2, 0.25) is 0 Å². The molecule has 0 radical (unpaired) electrons. The Morgan fingerprint density at radius 1 is 1.29 bits per heavy atom. The maximum atomic E-state index is 13.3. The molecule has 0 atom stereocenters. The Bertz CT molecular complexity index is 601. The van der Waals surface area contributed by atoms with Crippen LogP contribution in [0, 0.1) is 17.1 Å². The van der Waals surface area contributed by atoms with Gasteiger partial charge in [-0.15, -0.1) is 0 Å². The molecule has 17 heavy (non-hydrogen) atoms. The number of nitriles is 1. The summed E-state index contributed by atoms with van der Waals surface area (Å²) in [5.74, 6) is -0.559. The van der Waals surface area contributed by atoms with Crippen molar-refractivity contribution >= 4 is 23.2 Å². The van der Waals surface area contributed by atoms with Crippen molar-refractivity contribution in [2.75, 3.05) is 0 Å². The van der Waals surface area contributed by atoms with Crippen molar-refractivity contribution in [3.8, 4) is 17.3 Å². The first-order chi connectivity index (χ1) is 8.11. The quantitative estimate of drug-likeness (QED) is 0.848. The summed E-state index contributed by atoms with van der Waals surface area (Å²) in [5.41, 5.74) is 1.57. The van der Waals surface area contributed by atoms with E-state index >= 15 is 0 Å². The molecule has 2 aromatic rings. The molecule has 0 saturated heterocycles.